The quantitative estimate of drug-likeness (QED) is 0.714. The van der Waals surface area contributed by atoms with Crippen LogP contribution in [0, 0.1) is 6.92 Å². The van der Waals surface area contributed by atoms with Gasteiger partial charge in [0, 0.05) is 31.6 Å². The molecule has 0 bridgehead atoms. The predicted octanol–water partition coefficient (Wildman–Crippen LogP) is 2.82. The third-order valence-corrected chi connectivity index (χ3v) is 4.97. The lowest BCUT2D eigenvalue weighted by Gasteiger charge is -2.37. The third-order valence-electron chi connectivity index (χ3n) is 4.97. The average Bonchev–Trinajstić information content (AvgIpc) is 3.13. The molecule has 7 heteroatoms. The Hall–Kier alpha value is -2.67. The minimum Gasteiger partial charge on any atom is -0.497 e. The largest absolute Gasteiger partial charge is 0.497 e. The van der Waals surface area contributed by atoms with Crippen molar-refractivity contribution in [2.24, 2.45) is 0 Å². The van der Waals surface area contributed by atoms with E-state index in [4.69, 9.17) is 14.2 Å². The van der Waals surface area contributed by atoms with Crippen molar-refractivity contribution < 1.29 is 9.26 Å². The lowest BCUT2D eigenvalue weighted by Crippen LogP contribution is -2.47. The van der Waals surface area contributed by atoms with Crippen LogP contribution in [-0.2, 0) is 0 Å². The standard InChI is InChI=1S/C19H23N5O2/c1-13(19-20-14(2)22-26-19)23-8-10-24(11-9-23)18-7-4-15-12-16(25-3)5-6-17(15)21-18/h4-7,12-13H,8-11H2,1-3H3. The Kier molecular flexibility index (Phi) is 4.46. The van der Waals surface area contributed by atoms with Crippen molar-refractivity contribution >= 4 is 16.7 Å². The number of aryl methyl sites for hydroxylation is 1. The lowest BCUT2D eigenvalue weighted by atomic mass is 10.2. The van der Waals surface area contributed by atoms with E-state index in [0.29, 0.717) is 11.7 Å². The lowest BCUT2D eigenvalue weighted by molar-refractivity contribution is 0.164. The van der Waals surface area contributed by atoms with Crippen LogP contribution >= 0.6 is 0 Å². The molecule has 1 fully saturated rings. The topological polar surface area (TPSA) is 67.5 Å². The van der Waals surface area contributed by atoms with Crippen LogP contribution in [0.5, 0.6) is 5.75 Å². The maximum Gasteiger partial charge on any atom is 0.243 e. The second-order valence-corrected chi connectivity index (χ2v) is 6.61. The number of methoxy groups -OCH3 is 1. The van der Waals surface area contributed by atoms with E-state index in [1.807, 2.05) is 25.1 Å². The molecular formula is C19H23N5O2. The van der Waals surface area contributed by atoms with Gasteiger partial charge in [0.25, 0.3) is 0 Å². The van der Waals surface area contributed by atoms with Crippen LogP contribution in [0.2, 0.25) is 0 Å². The summed E-state index contributed by atoms with van der Waals surface area (Å²) in [6, 6.07) is 10.3. The molecule has 1 aliphatic heterocycles. The first kappa shape index (κ1) is 16.8. The minimum atomic E-state index is 0.135. The van der Waals surface area contributed by atoms with Crippen LogP contribution in [0.1, 0.15) is 24.7 Å². The molecule has 0 aliphatic carbocycles. The van der Waals surface area contributed by atoms with Gasteiger partial charge in [0.1, 0.15) is 11.6 Å². The molecular weight excluding hydrogens is 330 g/mol. The Morgan fingerprint density at radius 1 is 1.08 bits per heavy atom. The molecule has 2 aromatic heterocycles. The first-order chi connectivity index (χ1) is 12.6. The number of anilines is 1. The van der Waals surface area contributed by atoms with Crippen LogP contribution in [0.25, 0.3) is 10.9 Å². The summed E-state index contributed by atoms with van der Waals surface area (Å²) in [4.78, 5) is 13.9. The maximum absolute atomic E-state index is 5.32. The van der Waals surface area contributed by atoms with Gasteiger partial charge in [-0.25, -0.2) is 4.98 Å². The van der Waals surface area contributed by atoms with Gasteiger partial charge in [-0.2, -0.15) is 4.98 Å². The van der Waals surface area contributed by atoms with E-state index in [0.717, 1.165) is 48.6 Å². The highest BCUT2D eigenvalue weighted by atomic mass is 16.5. The molecule has 3 aromatic rings. The molecule has 0 radical (unpaired) electrons. The van der Waals surface area contributed by atoms with Crippen LogP contribution in [-0.4, -0.2) is 53.3 Å². The molecule has 0 amide bonds. The van der Waals surface area contributed by atoms with Gasteiger partial charge in [-0.1, -0.05) is 5.16 Å². The smallest absolute Gasteiger partial charge is 0.243 e. The summed E-state index contributed by atoms with van der Waals surface area (Å²) >= 11 is 0. The summed E-state index contributed by atoms with van der Waals surface area (Å²) in [6.07, 6.45) is 0. The van der Waals surface area contributed by atoms with Crippen molar-refractivity contribution in [2.45, 2.75) is 19.9 Å². The number of ether oxygens (including phenoxy) is 1. The zero-order valence-electron chi connectivity index (χ0n) is 15.3. The summed E-state index contributed by atoms with van der Waals surface area (Å²) in [5.41, 5.74) is 0.987. The molecule has 1 saturated heterocycles. The van der Waals surface area contributed by atoms with Crippen molar-refractivity contribution in [2.75, 3.05) is 38.2 Å². The van der Waals surface area contributed by atoms with Crippen molar-refractivity contribution in [1.29, 1.82) is 0 Å². The van der Waals surface area contributed by atoms with Crippen molar-refractivity contribution in [3.05, 3.63) is 42.0 Å². The summed E-state index contributed by atoms with van der Waals surface area (Å²) in [5, 5.41) is 4.98. The number of hydrogen-bond donors (Lipinski definition) is 0. The fourth-order valence-electron chi connectivity index (χ4n) is 3.37. The van der Waals surface area contributed by atoms with Gasteiger partial charge >= 0.3 is 0 Å². The first-order valence-electron chi connectivity index (χ1n) is 8.88. The molecule has 0 N–H and O–H groups in total. The zero-order valence-corrected chi connectivity index (χ0v) is 15.3. The Balaban J connectivity index is 1.45. The number of fused-ring (bicyclic) bond motifs is 1. The number of piperazine rings is 1. The van der Waals surface area contributed by atoms with E-state index in [2.05, 4.69) is 39.0 Å². The fraction of sp³-hybridized carbons (Fsp3) is 0.421. The number of nitrogens with zero attached hydrogens (tertiary/aromatic N) is 5. The normalized spacial score (nSPS) is 16.8. The van der Waals surface area contributed by atoms with E-state index < -0.39 is 0 Å². The summed E-state index contributed by atoms with van der Waals surface area (Å²) in [6.45, 7) is 7.68. The van der Waals surface area contributed by atoms with Gasteiger partial charge in [-0.05, 0) is 44.2 Å². The second kappa shape index (κ2) is 6.92. The predicted molar refractivity (Wildman–Crippen MR) is 99.5 cm³/mol. The highest BCUT2D eigenvalue weighted by molar-refractivity contribution is 5.81. The highest BCUT2D eigenvalue weighted by Crippen LogP contribution is 2.25. The zero-order chi connectivity index (χ0) is 18.1. The maximum atomic E-state index is 5.32. The number of rotatable bonds is 4. The third kappa shape index (κ3) is 3.22. The number of benzene rings is 1. The fourth-order valence-corrected chi connectivity index (χ4v) is 3.37. The molecule has 3 heterocycles. The molecule has 1 unspecified atom stereocenters. The van der Waals surface area contributed by atoms with Crippen LogP contribution in [0.3, 0.4) is 0 Å². The number of pyridine rings is 1. The first-order valence-corrected chi connectivity index (χ1v) is 8.88. The Bertz CT molecular complexity index is 902. The van der Waals surface area contributed by atoms with Gasteiger partial charge in [0.05, 0.1) is 18.7 Å². The summed E-state index contributed by atoms with van der Waals surface area (Å²) in [7, 11) is 1.68. The second-order valence-electron chi connectivity index (χ2n) is 6.61. The highest BCUT2D eigenvalue weighted by Gasteiger charge is 2.26. The SMILES string of the molecule is COc1ccc2nc(N3CCN(C(C)c4nc(C)no4)CC3)ccc2c1. The minimum absolute atomic E-state index is 0.135. The van der Waals surface area contributed by atoms with E-state index >= 15 is 0 Å². The Labute approximate surface area is 152 Å². The van der Waals surface area contributed by atoms with Crippen LogP contribution in [0.4, 0.5) is 5.82 Å². The molecule has 1 atom stereocenters. The van der Waals surface area contributed by atoms with Crippen molar-refractivity contribution in [1.82, 2.24) is 20.0 Å². The van der Waals surface area contributed by atoms with E-state index in [9.17, 15) is 0 Å². The molecule has 0 saturated carbocycles. The Morgan fingerprint density at radius 2 is 1.88 bits per heavy atom. The average molecular weight is 353 g/mol. The molecule has 1 aliphatic rings. The summed E-state index contributed by atoms with van der Waals surface area (Å²) < 4.78 is 10.6. The van der Waals surface area contributed by atoms with Gasteiger partial charge in [0.15, 0.2) is 5.82 Å². The summed E-state index contributed by atoms with van der Waals surface area (Å²) in [5.74, 6) is 3.24. The van der Waals surface area contributed by atoms with E-state index in [1.165, 1.54) is 0 Å². The van der Waals surface area contributed by atoms with Crippen LogP contribution < -0.4 is 9.64 Å². The van der Waals surface area contributed by atoms with Gasteiger partial charge < -0.3 is 14.2 Å². The van der Waals surface area contributed by atoms with Gasteiger partial charge in [-0.15, -0.1) is 0 Å². The van der Waals surface area contributed by atoms with E-state index in [-0.39, 0.29) is 6.04 Å². The molecule has 26 heavy (non-hydrogen) atoms. The van der Waals surface area contributed by atoms with E-state index in [1.54, 1.807) is 7.11 Å². The van der Waals surface area contributed by atoms with Gasteiger partial charge in [-0.3, -0.25) is 4.90 Å². The van der Waals surface area contributed by atoms with Crippen LogP contribution in [0.15, 0.2) is 34.9 Å². The monoisotopic (exact) mass is 353 g/mol. The van der Waals surface area contributed by atoms with Crippen molar-refractivity contribution in [3.63, 3.8) is 0 Å². The molecule has 136 valence electrons. The Morgan fingerprint density at radius 3 is 2.58 bits per heavy atom. The molecule has 0 spiro atoms. The number of aromatic nitrogens is 3. The molecule has 4 rings (SSSR count). The van der Waals surface area contributed by atoms with Gasteiger partial charge in [0.2, 0.25) is 5.89 Å². The molecule has 7 nitrogen and oxygen atoms in total. The van der Waals surface area contributed by atoms with Crippen molar-refractivity contribution in [3.8, 4) is 5.75 Å². The number of hydrogen-bond acceptors (Lipinski definition) is 7. The molecule has 1 aromatic carbocycles.